The van der Waals surface area contributed by atoms with Crippen molar-refractivity contribution in [2.24, 2.45) is 0 Å². The maximum absolute atomic E-state index is 5.29. The summed E-state index contributed by atoms with van der Waals surface area (Å²) in [6.07, 6.45) is 2.01. The van der Waals surface area contributed by atoms with E-state index in [1.54, 1.807) is 7.11 Å². The van der Waals surface area contributed by atoms with E-state index in [9.17, 15) is 0 Å². The minimum absolute atomic E-state index is 0.815. The van der Waals surface area contributed by atoms with E-state index in [4.69, 9.17) is 9.72 Å². The molecule has 0 aliphatic carbocycles. The number of benzene rings is 3. The number of imidazole rings is 1. The molecule has 0 radical (unpaired) electrons. The van der Waals surface area contributed by atoms with Crippen molar-refractivity contribution in [3.05, 3.63) is 114 Å². The quantitative estimate of drug-likeness (QED) is 0.358. The summed E-state index contributed by atoms with van der Waals surface area (Å²) >= 11 is 0. The van der Waals surface area contributed by atoms with Gasteiger partial charge in [0.15, 0.2) is 0 Å². The number of methoxy groups -OCH3 is 1. The van der Waals surface area contributed by atoms with Gasteiger partial charge in [-0.25, -0.2) is 4.98 Å². The number of nitrogens with zero attached hydrogens (tertiary/aromatic N) is 2. The molecule has 0 saturated carbocycles. The van der Waals surface area contributed by atoms with Crippen LogP contribution in [0.4, 0.5) is 11.5 Å². The van der Waals surface area contributed by atoms with Crippen molar-refractivity contribution in [3.63, 3.8) is 0 Å². The van der Waals surface area contributed by atoms with Gasteiger partial charge in [-0.3, -0.25) is 4.40 Å². The largest absolute Gasteiger partial charge is 0.497 e. The fraction of sp³-hybridized carbons (Fsp3) is 0.0357. The molecule has 0 fully saturated rings. The van der Waals surface area contributed by atoms with Crippen molar-refractivity contribution in [1.29, 1.82) is 0 Å². The second kappa shape index (κ2) is 8.71. The lowest BCUT2D eigenvalue weighted by molar-refractivity contribution is 0.415. The van der Waals surface area contributed by atoms with Crippen LogP contribution in [0.2, 0.25) is 0 Å². The van der Waals surface area contributed by atoms with E-state index in [2.05, 4.69) is 27.6 Å². The van der Waals surface area contributed by atoms with Gasteiger partial charge in [-0.2, -0.15) is 0 Å². The fourth-order valence-corrected chi connectivity index (χ4v) is 3.57. The zero-order valence-corrected chi connectivity index (χ0v) is 17.6. The first-order valence-corrected chi connectivity index (χ1v) is 10.4. The Labute approximate surface area is 187 Å². The summed E-state index contributed by atoms with van der Waals surface area (Å²) in [5, 5.41) is 3.54. The van der Waals surface area contributed by atoms with Crippen LogP contribution in [0.3, 0.4) is 0 Å². The first kappa shape index (κ1) is 19.5. The van der Waals surface area contributed by atoms with Crippen LogP contribution >= 0.6 is 0 Å². The van der Waals surface area contributed by atoms with Crippen LogP contribution in [-0.2, 0) is 0 Å². The molecule has 0 unspecified atom stereocenters. The topological polar surface area (TPSA) is 38.6 Å². The van der Waals surface area contributed by atoms with Gasteiger partial charge in [0.2, 0.25) is 0 Å². The summed E-state index contributed by atoms with van der Waals surface area (Å²) < 4.78 is 7.34. The summed E-state index contributed by atoms with van der Waals surface area (Å²) in [5.41, 5.74) is 5.56. The van der Waals surface area contributed by atoms with E-state index in [0.29, 0.717) is 0 Å². The molecule has 154 valence electrons. The first-order valence-electron chi connectivity index (χ1n) is 10.4. The molecule has 0 aliphatic heterocycles. The number of aromatic nitrogens is 2. The van der Waals surface area contributed by atoms with Gasteiger partial charge in [0, 0.05) is 28.6 Å². The number of rotatable bonds is 4. The zero-order valence-electron chi connectivity index (χ0n) is 17.6. The molecular formula is C28H21N3O. The second-order valence-electron chi connectivity index (χ2n) is 7.25. The third kappa shape index (κ3) is 3.92. The van der Waals surface area contributed by atoms with Crippen LogP contribution in [0.15, 0.2) is 103 Å². The molecule has 32 heavy (non-hydrogen) atoms. The van der Waals surface area contributed by atoms with Crippen LogP contribution in [0, 0.1) is 11.8 Å². The number of fused-ring (bicyclic) bond motifs is 1. The van der Waals surface area contributed by atoms with Gasteiger partial charge in [-0.1, -0.05) is 54.3 Å². The highest BCUT2D eigenvalue weighted by molar-refractivity contribution is 5.83. The summed E-state index contributed by atoms with van der Waals surface area (Å²) in [5.74, 6) is 8.31. The minimum atomic E-state index is 0.815. The molecule has 2 heterocycles. The molecule has 4 heteroatoms. The van der Waals surface area contributed by atoms with E-state index >= 15 is 0 Å². The summed E-state index contributed by atoms with van der Waals surface area (Å²) in [4.78, 5) is 4.94. The lowest BCUT2D eigenvalue weighted by atomic mass is 10.0. The molecule has 4 nitrogen and oxygen atoms in total. The van der Waals surface area contributed by atoms with Crippen molar-refractivity contribution in [2.45, 2.75) is 0 Å². The molecule has 0 bridgehead atoms. The zero-order chi connectivity index (χ0) is 21.8. The van der Waals surface area contributed by atoms with Crippen molar-refractivity contribution < 1.29 is 4.74 Å². The lowest BCUT2D eigenvalue weighted by Crippen LogP contribution is -1.97. The smallest absolute Gasteiger partial charge is 0.143 e. The molecule has 2 aromatic heterocycles. The fourth-order valence-electron chi connectivity index (χ4n) is 3.57. The molecule has 0 amide bonds. The van der Waals surface area contributed by atoms with Crippen molar-refractivity contribution >= 4 is 17.2 Å². The van der Waals surface area contributed by atoms with Crippen molar-refractivity contribution in [2.75, 3.05) is 12.4 Å². The van der Waals surface area contributed by atoms with Gasteiger partial charge in [0.05, 0.1) is 7.11 Å². The molecular weight excluding hydrogens is 394 g/mol. The highest BCUT2D eigenvalue weighted by Crippen LogP contribution is 2.33. The van der Waals surface area contributed by atoms with E-state index in [0.717, 1.165) is 45.3 Å². The van der Waals surface area contributed by atoms with Gasteiger partial charge in [0.25, 0.3) is 0 Å². The van der Waals surface area contributed by atoms with E-state index in [1.807, 2.05) is 97.2 Å². The molecule has 5 rings (SSSR count). The summed E-state index contributed by atoms with van der Waals surface area (Å²) in [7, 11) is 1.67. The predicted octanol–water partition coefficient (Wildman–Crippen LogP) is 6.15. The normalized spacial score (nSPS) is 10.4. The number of hydrogen-bond acceptors (Lipinski definition) is 3. The van der Waals surface area contributed by atoms with Gasteiger partial charge in [-0.05, 0) is 54.6 Å². The van der Waals surface area contributed by atoms with E-state index in [-0.39, 0.29) is 0 Å². The average Bonchev–Trinajstić information content (AvgIpc) is 3.22. The number of nitrogens with one attached hydrogen (secondary N) is 1. The van der Waals surface area contributed by atoms with Gasteiger partial charge >= 0.3 is 0 Å². The highest BCUT2D eigenvalue weighted by atomic mass is 16.5. The van der Waals surface area contributed by atoms with Gasteiger partial charge in [-0.15, -0.1) is 0 Å². The molecule has 3 aromatic carbocycles. The van der Waals surface area contributed by atoms with Gasteiger partial charge in [0.1, 0.15) is 22.9 Å². The number of pyridine rings is 1. The third-order valence-corrected chi connectivity index (χ3v) is 5.18. The number of hydrogen-bond donors (Lipinski definition) is 1. The third-order valence-electron chi connectivity index (χ3n) is 5.18. The molecule has 0 spiro atoms. The molecule has 0 saturated heterocycles. The lowest BCUT2D eigenvalue weighted by Gasteiger charge is -2.10. The Balaban J connectivity index is 1.62. The van der Waals surface area contributed by atoms with Crippen LogP contribution in [0.25, 0.3) is 16.9 Å². The Morgan fingerprint density at radius 2 is 1.53 bits per heavy atom. The Morgan fingerprint density at radius 1 is 0.781 bits per heavy atom. The Bertz CT molecular complexity index is 1420. The predicted molar refractivity (Wildman–Crippen MR) is 129 cm³/mol. The maximum atomic E-state index is 5.29. The Hall–Kier alpha value is -4.49. The van der Waals surface area contributed by atoms with Crippen LogP contribution in [0.5, 0.6) is 5.75 Å². The second-order valence-corrected chi connectivity index (χ2v) is 7.25. The molecule has 0 atom stereocenters. The average molecular weight is 415 g/mol. The van der Waals surface area contributed by atoms with Crippen LogP contribution < -0.4 is 10.1 Å². The highest BCUT2D eigenvalue weighted by Gasteiger charge is 2.16. The first-order chi connectivity index (χ1) is 15.8. The standard InChI is InChI=1S/C28H21N3O/c1-32-24-18-16-23(17-19-24)29-28-27(30-26-13-7-8-20-31(26)28)25-12-6-5-11-22(25)15-14-21-9-3-2-4-10-21/h2-13,16-20,29H,1H3. The summed E-state index contributed by atoms with van der Waals surface area (Å²) in [6.45, 7) is 0. The van der Waals surface area contributed by atoms with Crippen LogP contribution in [-0.4, -0.2) is 16.5 Å². The van der Waals surface area contributed by atoms with Gasteiger partial charge < -0.3 is 10.1 Å². The number of ether oxygens (including phenoxy) is 1. The number of anilines is 2. The molecule has 0 aliphatic rings. The SMILES string of the molecule is COc1ccc(Nc2c(-c3ccccc3C#Cc3ccccc3)nc3ccccn23)cc1. The van der Waals surface area contributed by atoms with Crippen molar-refractivity contribution in [1.82, 2.24) is 9.38 Å². The van der Waals surface area contributed by atoms with Crippen molar-refractivity contribution in [3.8, 4) is 28.8 Å². The van der Waals surface area contributed by atoms with E-state index < -0.39 is 0 Å². The molecule has 1 N–H and O–H groups in total. The molecule has 5 aromatic rings. The maximum Gasteiger partial charge on any atom is 0.143 e. The summed E-state index contributed by atoms with van der Waals surface area (Å²) in [6, 6.07) is 32.0. The van der Waals surface area contributed by atoms with Crippen LogP contribution in [0.1, 0.15) is 11.1 Å². The minimum Gasteiger partial charge on any atom is -0.497 e. The Morgan fingerprint density at radius 3 is 2.34 bits per heavy atom. The monoisotopic (exact) mass is 415 g/mol. The van der Waals surface area contributed by atoms with E-state index in [1.165, 1.54) is 0 Å². The Kier molecular flexibility index (Phi) is 5.30.